The largest absolute Gasteiger partial charge is 0.380 e. The van der Waals surface area contributed by atoms with Crippen LogP contribution in [0.4, 0.5) is 4.39 Å². The summed E-state index contributed by atoms with van der Waals surface area (Å²) < 4.78 is 41.4. The number of amides is 1. The second-order valence-electron chi connectivity index (χ2n) is 4.08. The molecule has 0 aliphatic carbocycles. The Bertz CT molecular complexity index is 602. The number of carbonyl (C=O) groups is 1. The molecule has 0 atom stereocenters. The van der Waals surface area contributed by atoms with Crippen LogP contribution in [-0.2, 0) is 14.8 Å². The molecule has 0 aliphatic heterocycles. The molecule has 1 aromatic rings. The van der Waals surface area contributed by atoms with Gasteiger partial charge in [0.05, 0.1) is 11.5 Å². The molecule has 1 aromatic carbocycles. The summed E-state index contributed by atoms with van der Waals surface area (Å²) in [7, 11) is -4.09. The van der Waals surface area contributed by atoms with Gasteiger partial charge in [0.15, 0.2) is 0 Å². The van der Waals surface area contributed by atoms with Crippen molar-refractivity contribution >= 4 is 15.9 Å². The molecule has 0 spiro atoms. The second-order valence-corrected chi connectivity index (χ2v) is 5.61. The average molecular weight is 304 g/mol. The van der Waals surface area contributed by atoms with Gasteiger partial charge in [0.2, 0.25) is 10.0 Å². The first-order chi connectivity index (χ1) is 9.27. The van der Waals surface area contributed by atoms with Crippen molar-refractivity contribution in [3.63, 3.8) is 0 Å². The van der Waals surface area contributed by atoms with Gasteiger partial charge in [-0.1, -0.05) is 0 Å². The number of sulfonamides is 1. The monoisotopic (exact) mass is 304 g/mol. The van der Waals surface area contributed by atoms with Gasteiger partial charge in [0.1, 0.15) is 5.82 Å². The highest BCUT2D eigenvalue weighted by Gasteiger charge is 2.18. The van der Waals surface area contributed by atoms with E-state index in [1.807, 2.05) is 6.92 Å². The van der Waals surface area contributed by atoms with Gasteiger partial charge in [-0.15, -0.1) is 0 Å². The zero-order valence-electron chi connectivity index (χ0n) is 11.3. The van der Waals surface area contributed by atoms with Crippen LogP contribution < -0.4 is 10.5 Å². The van der Waals surface area contributed by atoms with E-state index in [4.69, 9.17) is 9.88 Å². The van der Waals surface area contributed by atoms with E-state index in [0.29, 0.717) is 13.2 Å². The third-order valence-corrected chi connectivity index (χ3v) is 3.64. The van der Waals surface area contributed by atoms with Crippen molar-refractivity contribution in [1.82, 2.24) is 5.32 Å². The number of primary sulfonamides is 1. The molecule has 0 unspecified atom stereocenters. The Morgan fingerprint density at radius 3 is 2.65 bits per heavy atom. The van der Waals surface area contributed by atoms with Crippen LogP contribution in [0.3, 0.4) is 0 Å². The lowest BCUT2D eigenvalue weighted by Crippen LogP contribution is -2.28. The lowest BCUT2D eigenvalue weighted by molar-refractivity contribution is 0.0922. The van der Waals surface area contributed by atoms with E-state index in [1.54, 1.807) is 0 Å². The van der Waals surface area contributed by atoms with Crippen molar-refractivity contribution in [3.05, 3.63) is 29.1 Å². The number of nitrogens with two attached hydrogens (primary N) is 1. The third-order valence-electron chi connectivity index (χ3n) is 2.60. The average Bonchev–Trinajstić information content (AvgIpc) is 2.36. The van der Waals surface area contributed by atoms with E-state index >= 15 is 0 Å². The smallest absolute Gasteiger partial charge is 0.251 e. The topological polar surface area (TPSA) is 98.5 Å². The van der Waals surface area contributed by atoms with Crippen LogP contribution in [0.1, 0.15) is 22.8 Å². The third kappa shape index (κ3) is 4.26. The Labute approximate surface area is 117 Å². The Morgan fingerprint density at radius 1 is 1.45 bits per heavy atom. The highest BCUT2D eigenvalue weighted by molar-refractivity contribution is 7.89. The lowest BCUT2D eigenvalue weighted by Gasteiger charge is -2.09. The van der Waals surface area contributed by atoms with Crippen LogP contribution >= 0.6 is 0 Å². The molecule has 0 saturated carbocycles. The summed E-state index contributed by atoms with van der Waals surface area (Å²) in [4.78, 5) is 11.4. The number of rotatable bonds is 6. The van der Waals surface area contributed by atoms with Crippen LogP contribution in [0, 0.1) is 12.7 Å². The van der Waals surface area contributed by atoms with Gasteiger partial charge in [-0.05, 0) is 26.0 Å². The van der Waals surface area contributed by atoms with Crippen LogP contribution in [0.15, 0.2) is 17.0 Å². The predicted molar refractivity (Wildman–Crippen MR) is 71.3 cm³/mol. The fourth-order valence-electron chi connectivity index (χ4n) is 1.56. The van der Waals surface area contributed by atoms with E-state index < -0.39 is 26.6 Å². The van der Waals surface area contributed by atoms with E-state index in [-0.39, 0.29) is 17.7 Å². The van der Waals surface area contributed by atoms with Gasteiger partial charge >= 0.3 is 0 Å². The van der Waals surface area contributed by atoms with Gasteiger partial charge in [0, 0.05) is 24.3 Å². The quantitative estimate of drug-likeness (QED) is 0.750. The highest BCUT2D eigenvalue weighted by atomic mass is 32.2. The highest BCUT2D eigenvalue weighted by Crippen LogP contribution is 2.19. The molecule has 20 heavy (non-hydrogen) atoms. The molecular weight excluding hydrogens is 287 g/mol. The maximum absolute atomic E-state index is 13.6. The molecule has 0 radical (unpaired) electrons. The fraction of sp³-hybridized carbons (Fsp3) is 0.417. The molecule has 1 rings (SSSR count). The molecular formula is C12H17FN2O4S. The van der Waals surface area contributed by atoms with Crippen molar-refractivity contribution in [3.8, 4) is 0 Å². The normalized spacial score (nSPS) is 11.4. The summed E-state index contributed by atoms with van der Waals surface area (Å²) in [6, 6.07) is 2.03. The number of carbonyl (C=O) groups excluding carboxylic acids is 1. The Hall–Kier alpha value is -1.51. The first kappa shape index (κ1) is 16.5. The maximum Gasteiger partial charge on any atom is 0.251 e. The molecule has 0 heterocycles. The number of halogens is 1. The molecule has 0 bridgehead atoms. The molecule has 6 nitrogen and oxygen atoms in total. The fourth-order valence-corrected chi connectivity index (χ4v) is 2.38. The van der Waals surface area contributed by atoms with E-state index in [1.165, 1.54) is 6.92 Å². The minimum Gasteiger partial charge on any atom is -0.380 e. The van der Waals surface area contributed by atoms with Crippen molar-refractivity contribution in [2.75, 3.05) is 19.8 Å². The van der Waals surface area contributed by atoms with E-state index in [2.05, 4.69) is 5.32 Å². The Kier molecular flexibility index (Phi) is 5.61. The molecule has 0 saturated heterocycles. The molecule has 3 N–H and O–H groups in total. The summed E-state index contributed by atoms with van der Waals surface area (Å²) in [5, 5.41) is 7.48. The number of ether oxygens (including phenoxy) is 1. The lowest BCUT2D eigenvalue weighted by atomic mass is 10.1. The molecule has 0 aliphatic rings. The van der Waals surface area contributed by atoms with Crippen LogP contribution in [0.2, 0.25) is 0 Å². The SMILES string of the molecule is CCOCCNC(=O)c1cc(F)c(C)c(S(N)(=O)=O)c1. The maximum atomic E-state index is 13.6. The van der Waals surface area contributed by atoms with Gasteiger partial charge in [-0.2, -0.15) is 0 Å². The second kappa shape index (κ2) is 6.78. The zero-order chi connectivity index (χ0) is 15.3. The zero-order valence-corrected chi connectivity index (χ0v) is 12.1. The molecule has 0 fully saturated rings. The van der Waals surface area contributed by atoms with Gasteiger partial charge in [0.25, 0.3) is 5.91 Å². The van der Waals surface area contributed by atoms with Crippen molar-refractivity contribution < 1.29 is 22.3 Å². The summed E-state index contributed by atoms with van der Waals surface area (Å²) in [6.07, 6.45) is 0. The molecule has 0 aromatic heterocycles. The summed E-state index contributed by atoms with van der Waals surface area (Å²) >= 11 is 0. The van der Waals surface area contributed by atoms with Crippen LogP contribution in [-0.4, -0.2) is 34.1 Å². The van der Waals surface area contributed by atoms with Crippen LogP contribution in [0.25, 0.3) is 0 Å². The van der Waals surface area contributed by atoms with Gasteiger partial charge in [-0.3, -0.25) is 4.79 Å². The number of nitrogens with one attached hydrogen (secondary N) is 1. The summed E-state index contributed by atoms with van der Waals surface area (Å²) in [6.45, 7) is 4.18. The van der Waals surface area contributed by atoms with Crippen LogP contribution in [0.5, 0.6) is 0 Å². The Balaban J connectivity index is 2.97. The van der Waals surface area contributed by atoms with E-state index in [0.717, 1.165) is 12.1 Å². The summed E-state index contributed by atoms with van der Waals surface area (Å²) in [5.74, 6) is -1.39. The molecule has 8 heteroatoms. The Morgan fingerprint density at radius 2 is 2.10 bits per heavy atom. The predicted octanol–water partition coefficient (Wildman–Crippen LogP) is 0.548. The molecule has 112 valence electrons. The minimum absolute atomic E-state index is 0.103. The number of benzene rings is 1. The first-order valence-electron chi connectivity index (χ1n) is 5.96. The van der Waals surface area contributed by atoms with E-state index in [9.17, 15) is 17.6 Å². The van der Waals surface area contributed by atoms with Gasteiger partial charge in [-0.25, -0.2) is 17.9 Å². The minimum atomic E-state index is -4.09. The van der Waals surface area contributed by atoms with Crippen molar-refractivity contribution in [1.29, 1.82) is 0 Å². The number of hydrogen-bond acceptors (Lipinski definition) is 4. The standard InChI is InChI=1S/C12H17FN2O4S/c1-3-19-5-4-15-12(16)9-6-10(13)8(2)11(7-9)20(14,17)18/h6-7H,3-5H2,1-2H3,(H,15,16)(H2,14,17,18). The van der Waals surface area contributed by atoms with Crippen molar-refractivity contribution in [2.45, 2.75) is 18.7 Å². The first-order valence-corrected chi connectivity index (χ1v) is 7.51. The molecule has 1 amide bonds. The van der Waals surface area contributed by atoms with Gasteiger partial charge < -0.3 is 10.1 Å². The number of hydrogen-bond donors (Lipinski definition) is 2. The van der Waals surface area contributed by atoms with Crippen molar-refractivity contribution in [2.24, 2.45) is 5.14 Å². The summed E-state index contributed by atoms with van der Waals surface area (Å²) in [5.41, 5.74) is -0.216.